The van der Waals surface area contributed by atoms with Gasteiger partial charge in [0.05, 0.1) is 5.56 Å². The number of Topliss-reactive ketones (excluding diaryl/α,β-unsaturated/α-hetero) is 1. The highest BCUT2D eigenvalue weighted by Crippen LogP contribution is 2.24. The van der Waals surface area contributed by atoms with Crippen molar-refractivity contribution in [2.75, 3.05) is 6.54 Å². The Labute approximate surface area is 89.9 Å². The molecule has 82 valence electrons. The van der Waals surface area contributed by atoms with Crippen LogP contribution in [0, 0.1) is 0 Å². The third-order valence-corrected chi connectivity index (χ3v) is 2.36. The lowest BCUT2D eigenvalue weighted by Gasteiger charge is -2.09. The largest absolute Gasteiger partial charge is 0.507 e. The van der Waals surface area contributed by atoms with Gasteiger partial charge in [0.15, 0.2) is 5.78 Å². The van der Waals surface area contributed by atoms with Crippen LogP contribution in [0.1, 0.15) is 42.1 Å². The minimum Gasteiger partial charge on any atom is -0.507 e. The van der Waals surface area contributed by atoms with E-state index in [4.69, 9.17) is 5.73 Å². The van der Waals surface area contributed by atoms with Crippen LogP contribution in [-0.2, 0) is 0 Å². The summed E-state index contributed by atoms with van der Waals surface area (Å²) in [4.78, 5) is 11.6. The first kappa shape index (κ1) is 11.7. The molecule has 0 heterocycles. The van der Waals surface area contributed by atoms with Gasteiger partial charge in [-0.2, -0.15) is 0 Å². The molecule has 0 radical (unpaired) electrons. The molecule has 0 aliphatic heterocycles. The molecule has 0 spiro atoms. The average molecular weight is 207 g/mol. The van der Waals surface area contributed by atoms with Crippen molar-refractivity contribution in [3.8, 4) is 5.75 Å². The van der Waals surface area contributed by atoms with Crippen LogP contribution in [0.3, 0.4) is 0 Å². The van der Waals surface area contributed by atoms with Gasteiger partial charge in [0, 0.05) is 6.42 Å². The Hall–Kier alpha value is -1.35. The maximum atomic E-state index is 11.6. The Morgan fingerprint density at radius 3 is 2.67 bits per heavy atom. The van der Waals surface area contributed by atoms with Crippen LogP contribution in [0.4, 0.5) is 0 Å². The zero-order chi connectivity index (χ0) is 11.4. The van der Waals surface area contributed by atoms with Crippen molar-refractivity contribution in [3.63, 3.8) is 0 Å². The number of rotatable bonds is 4. The number of aromatic hydroxyl groups is 1. The van der Waals surface area contributed by atoms with Gasteiger partial charge >= 0.3 is 0 Å². The molecule has 3 nitrogen and oxygen atoms in total. The predicted octanol–water partition coefficient (Wildman–Crippen LogP) is 2.05. The summed E-state index contributed by atoms with van der Waals surface area (Å²) in [6, 6.07) is 5.15. The van der Waals surface area contributed by atoms with Crippen LogP contribution in [-0.4, -0.2) is 17.4 Å². The van der Waals surface area contributed by atoms with Crippen LogP contribution in [0.2, 0.25) is 0 Å². The molecule has 0 aromatic heterocycles. The number of phenols is 1. The number of hydrogen-bond acceptors (Lipinski definition) is 3. The van der Waals surface area contributed by atoms with Gasteiger partial charge in [0.1, 0.15) is 5.75 Å². The van der Waals surface area contributed by atoms with E-state index >= 15 is 0 Å². The number of benzene rings is 1. The number of nitrogens with two attached hydrogens (primary N) is 1. The highest BCUT2D eigenvalue weighted by molar-refractivity contribution is 5.98. The fourth-order valence-corrected chi connectivity index (χ4v) is 1.40. The van der Waals surface area contributed by atoms with E-state index in [0.29, 0.717) is 18.0 Å². The topological polar surface area (TPSA) is 63.3 Å². The smallest absolute Gasteiger partial charge is 0.167 e. The fourth-order valence-electron chi connectivity index (χ4n) is 1.40. The van der Waals surface area contributed by atoms with E-state index in [1.54, 1.807) is 12.1 Å². The van der Waals surface area contributed by atoms with Crippen molar-refractivity contribution in [2.24, 2.45) is 5.73 Å². The molecule has 15 heavy (non-hydrogen) atoms. The average Bonchev–Trinajstić information content (AvgIpc) is 2.18. The number of carbonyl (C=O) groups excluding carboxylic acids is 1. The first-order chi connectivity index (χ1) is 7.06. The van der Waals surface area contributed by atoms with Gasteiger partial charge in [-0.25, -0.2) is 0 Å². The summed E-state index contributed by atoms with van der Waals surface area (Å²) in [6.07, 6.45) is 0.273. The van der Waals surface area contributed by atoms with Crippen molar-refractivity contribution < 1.29 is 9.90 Å². The molecule has 0 fully saturated rings. The van der Waals surface area contributed by atoms with E-state index in [0.717, 1.165) is 5.56 Å². The molecular weight excluding hydrogens is 190 g/mol. The lowest BCUT2D eigenvalue weighted by atomic mass is 9.97. The maximum Gasteiger partial charge on any atom is 0.167 e. The maximum absolute atomic E-state index is 11.6. The first-order valence-electron chi connectivity index (χ1n) is 5.12. The Kier molecular flexibility index (Phi) is 3.86. The number of carbonyl (C=O) groups is 1. The van der Waals surface area contributed by atoms with Crippen LogP contribution in [0.15, 0.2) is 18.2 Å². The quantitative estimate of drug-likeness (QED) is 0.743. The Bertz CT molecular complexity index is 359. The number of phenolic OH excluding ortho intramolecular Hbond substituents is 1. The number of hydrogen-bond donors (Lipinski definition) is 2. The van der Waals surface area contributed by atoms with Crippen molar-refractivity contribution in [1.29, 1.82) is 0 Å². The molecule has 3 N–H and O–H groups in total. The molecule has 3 heteroatoms. The first-order valence-corrected chi connectivity index (χ1v) is 5.12. The van der Waals surface area contributed by atoms with E-state index < -0.39 is 0 Å². The highest BCUT2D eigenvalue weighted by atomic mass is 16.3. The summed E-state index contributed by atoms with van der Waals surface area (Å²) in [7, 11) is 0. The van der Waals surface area contributed by atoms with E-state index in [-0.39, 0.29) is 18.0 Å². The lowest BCUT2D eigenvalue weighted by Crippen LogP contribution is -2.08. The van der Waals surface area contributed by atoms with Crippen molar-refractivity contribution in [1.82, 2.24) is 0 Å². The number of ketones is 1. The Morgan fingerprint density at radius 2 is 2.13 bits per heavy atom. The molecule has 0 aliphatic carbocycles. The molecule has 0 atom stereocenters. The molecule has 0 aliphatic rings. The zero-order valence-corrected chi connectivity index (χ0v) is 9.16. The minimum atomic E-state index is -0.0995. The normalized spacial score (nSPS) is 10.7. The third kappa shape index (κ3) is 2.80. The van der Waals surface area contributed by atoms with Gasteiger partial charge in [-0.15, -0.1) is 0 Å². The molecule has 1 aromatic rings. The van der Waals surface area contributed by atoms with Crippen LogP contribution < -0.4 is 5.73 Å². The van der Waals surface area contributed by atoms with E-state index in [9.17, 15) is 9.90 Å². The molecule has 0 amide bonds. The Morgan fingerprint density at radius 1 is 1.47 bits per heavy atom. The standard InChI is InChI=1S/C12H17NO2/c1-8(2)9-3-4-11(14)10(7-9)12(15)5-6-13/h3-4,7-8,14H,5-6,13H2,1-2H3. The van der Waals surface area contributed by atoms with Gasteiger partial charge in [-0.3, -0.25) is 4.79 Å². The second-order valence-corrected chi connectivity index (χ2v) is 3.89. The van der Waals surface area contributed by atoms with E-state index in [1.807, 2.05) is 19.9 Å². The SMILES string of the molecule is CC(C)c1ccc(O)c(C(=O)CCN)c1. The third-order valence-electron chi connectivity index (χ3n) is 2.36. The van der Waals surface area contributed by atoms with Crippen molar-refractivity contribution in [2.45, 2.75) is 26.2 Å². The minimum absolute atomic E-state index is 0.0397. The van der Waals surface area contributed by atoms with Crippen LogP contribution >= 0.6 is 0 Å². The monoisotopic (exact) mass is 207 g/mol. The van der Waals surface area contributed by atoms with Gasteiger partial charge in [0.25, 0.3) is 0 Å². The molecule has 1 rings (SSSR count). The van der Waals surface area contributed by atoms with Crippen LogP contribution in [0.5, 0.6) is 5.75 Å². The van der Waals surface area contributed by atoms with E-state index in [2.05, 4.69) is 0 Å². The second kappa shape index (κ2) is 4.94. The van der Waals surface area contributed by atoms with Crippen molar-refractivity contribution >= 4 is 5.78 Å². The summed E-state index contributed by atoms with van der Waals surface area (Å²) < 4.78 is 0. The molecule has 0 bridgehead atoms. The van der Waals surface area contributed by atoms with Crippen molar-refractivity contribution in [3.05, 3.63) is 29.3 Å². The summed E-state index contributed by atoms with van der Waals surface area (Å²) in [6.45, 7) is 4.40. The second-order valence-electron chi connectivity index (χ2n) is 3.89. The Balaban J connectivity index is 3.05. The zero-order valence-electron chi connectivity index (χ0n) is 9.16. The molecule has 0 unspecified atom stereocenters. The van der Waals surface area contributed by atoms with Gasteiger partial charge in [0.2, 0.25) is 0 Å². The van der Waals surface area contributed by atoms with Gasteiger partial charge in [-0.05, 0) is 30.2 Å². The molecular formula is C12H17NO2. The van der Waals surface area contributed by atoms with Gasteiger partial charge < -0.3 is 10.8 Å². The summed E-state index contributed by atoms with van der Waals surface area (Å²) in [5.41, 5.74) is 6.74. The lowest BCUT2D eigenvalue weighted by molar-refractivity contribution is 0.0983. The summed E-state index contributed by atoms with van der Waals surface area (Å²) >= 11 is 0. The molecule has 0 saturated carbocycles. The highest BCUT2D eigenvalue weighted by Gasteiger charge is 2.12. The van der Waals surface area contributed by atoms with Crippen LogP contribution in [0.25, 0.3) is 0 Å². The predicted molar refractivity (Wildman–Crippen MR) is 60.2 cm³/mol. The molecule has 1 aromatic carbocycles. The van der Waals surface area contributed by atoms with Gasteiger partial charge in [-0.1, -0.05) is 19.9 Å². The summed E-state index contributed by atoms with van der Waals surface area (Å²) in [5.74, 6) is 0.283. The fraction of sp³-hybridized carbons (Fsp3) is 0.417. The van der Waals surface area contributed by atoms with E-state index in [1.165, 1.54) is 0 Å². The molecule has 0 saturated heterocycles. The summed E-state index contributed by atoms with van der Waals surface area (Å²) in [5, 5.41) is 9.55.